The highest BCUT2D eigenvalue weighted by Crippen LogP contribution is 2.42. The standard InChI is InChI=1S/C37H47N3O7Si/c1-36(2,3)46-35(42)39(23-22-26-14-16-28(17-15-26)40(43)44)24-32(47-48(7,8)37(4,5)6)29-18-20-31(34-30(29)19-21-33(41)38-34)45-25-27-12-10-9-11-13-27/h9-21,32H,22-25H2,1-8H3,(H,38,41)/t32-/m0/s1. The number of aromatic amines is 1. The molecule has 48 heavy (non-hydrogen) atoms. The van der Waals surface area contributed by atoms with E-state index in [2.05, 4.69) is 38.8 Å². The van der Waals surface area contributed by atoms with E-state index in [0.29, 0.717) is 24.3 Å². The van der Waals surface area contributed by atoms with Crippen molar-refractivity contribution in [3.05, 3.63) is 116 Å². The monoisotopic (exact) mass is 673 g/mol. The second-order valence-electron chi connectivity index (χ2n) is 14.5. The molecule has 0 aliphatic carbocycles. The van der Waals surface area contributed by atoms with Crippen LogP contribution in [0.5, 0.6) is 5.75 Å². The van der Waals surface area contributed by atoms with Crippen LogP contribution in [-0.4, -0.2) is 47.9 Å². The lowest BCUT2D eigenvalue weighted by molar-refractivity contribution is -0.384. The molecular weight excluding hydrogens is 627 g/mol. The Kier molecular flexibility index (Phi) is 11.2. The normalized spacial score (nSPS) is 12.8. The molecule has 4 rings (SSSR count). The van der Waals surface area contributed by atoms with Crippen LogP contribution in [0.1, 0.15) is 64.3 Å². The Balaban J connectivity index is 1.75. The number of hydrogen-bond donors (Lipinski definition) is 1. The van der Waals surface area contributed by atoms with Crippen molar-refractivity contribution in [2.45, 2.75) is 84.4 Å². The summed E-state index contributed by atoms with van der Waals surface area (Å²) in [5, 5.41) is 11.8. The van der Waals surface area contributed by atoms with Gasteiger partial charge in [0.25, 0.3) is 5.69 Å². The summed E-state index contributed by atoms with van der Waals surface area (Å²) in [5.41, 5.74) is 2.21. The third-order valence-corrected chi connectivity index (χ3v) is 13.1. The Morgan fingerprint density at radius 2 is 1.58 bits per heavy atom. The Morgan fingerprint density at radius 3 is 2.19 bits per heavy atom. The molecule has 0 radical (unpaired) electrons. The van der Waals surface area contributed by atoms with Gasteiger partial charge in [0.1, 0.15) is 18.0 Å². The molecule has 10 nitrogen and oxygen atoms in total. The molecule has 0 unspecified atom stereocenters. The van der Waals surface area contributed by atoms with Gasteiger partial charge in [0, 0.05) is 30.1 Å². The van der Waals surface area contributed by atoms with Gasteiger partial charge in [0.05, 0.1) is 23.1 Å². The molecule has 11 heteroatoms. The van der Waals surface area contributed by atoms with Crippen molar-refractivity contribution in [1.29, 1.82) is 0 Å². The number of nitro benzene ring substituents is 1. The van der Waals surface area contributed by atoms with Crippen LogP contribution in [0.3, 0.4) is 0 Å². The van der Waals surface area contributed by atoms with Crippen LogP contribution in [0.25, 0.3) is 10.9 Å². The van der Waals surface area contributed by atoms with Gasteiger partial charge in [-0.2, -0.15) is 0 Å². The number of nitro groups is 1. The number of ether oxygens (including phenoxy) is 2. The summed E-state index contributed by atoms with van der Waals surface area (Å²) >= 11 is 0. The minimum atomic E-state index is -2.42. The lowest BCUT2D eigenvalue weighted by Crippen LogP contribution is -2.46. The largest absolute Gasteiger partial charge is 0.487 e. The number of hydrogen-bond acceptors (Lipinski definition) is 7. The number of rotatable bonds is 12. The molecule has 4 aromatic rings. The van der Waals surface area contributed by atoms with Crippen molar-refractivity contribution >= 4 is 31.0 Å². The van der Waals surface area contributed by atoms with Crippen molar-refractivity contribution in [2.24, 2.45) is 0 Å². The van der Waals surface area contributed by atoms with Crippen LogP contribution >= 0.6 is 0 Å². The molecule has 0 aliphatic heterocycles. The van der Waals surface area contributed by atoms with Crippen molar-refractivity contribution in [1.82, 2.24) is 9.88 Å². The Labute approximate surface area is 283 Å². The zero-order valence-corrected chi connectivity index (χ0v) is 30.2. The van der Waals surface area contributed by atoms with Crippen LogP contribution in [-0.2, 0) is 22.2 Å². The minimum absolute atomic E-state index is 0.00620. The van der Waals surface area contributed by atoms with Crippen molar-refractivity contribution in [3.63, 3.8) is 0 Å². The van der Waals surface area contributed by atoms with E-state index in [1.807, 2.05) is 63.2 Å². The highest BCUT2D eigenvalue weighted by atomic mass is 28.4. The zero-order valence-electron chi connectivity index (χ0n) is 29.2. The summed E-state index contributed by atoms with van der Waals surface area (Å²) in [4.78, 5) is 41.7. The highest BCUT2D eigenvalue weighted by Gasteiger charge is 2.41. The molecule has 0 saturated carbocycles. The van der Waals surface area contributed by atoms with Gasteiger partial charge in [-0.25, -0.2) is 4.79 Å². The number of benzene rings is 3. The maximum absolute atomic E-state index is 13.7. The van der Waals surface area contributed by atoms with Gasteiger partial charge in [-0.1, -0.05) is 69.3 Å². The second-order valence-corrected chi connectivity index (χ2v) is 19.3. The third-order valence-electron chi connectivity index (χ3n) is 8.57. The number of carbonyl (C=O) groups is 1. The number of nitrogens with one attached hydrogen (secondary N) is 1. The summed E-state index contributed by atoms with van der Waals surface area (Å²) in [6.07, 6.45) is -0.620. The predicted octanol–water partition coefficient (Wildman–Crippen LogP) is 8.56. The SMILES string of the molecule is CC(C)(C)OC(=O)N(CCc1ccc([N+](=O)[O-])cc1)C[C@H](O[Si](C)(C)C(C)(C)C)c1ccc(OCc2ccccc2)c2[nH]c(=O)ccc12. The van der Waals surface area contributed by atoms with E-state index in [0.717, 1.165) is 22.1 Å². The number of aromatic nitrogens is 1. The van der Waals surface area contributed by atoms with Crippen LogP contribution < -0.4 is 10.3 Å². The predicted molar refractivity (Wildman–Crippen MR) is 191 cm³/mol. The summed E-state index contributed by atoms with van der Waals surface area (Å²) in [6.45, 7) is 17.1. The van der Waals surface area contributed by atoms with Crippen LogP contribution in [0.2, 0.25) is 18.1 Å². The highest BCUT2D eigenvalue weighted by molar-refractivity contribution is 6.74. The quantitative estimate of drug-likeness (QED) is 0.0908. The van der Waals surface area contributed by atoms with Crippen molar-refractivity contribution in [2.75, 3.05) is 13.1 Å². The van der Waals surface area contributed by atoms with Crippen LogP contribution in [0.4, 0.5) is 10.5 Å². The summed E-state index contributed by atoms with van der Waals surface area (Å²) < 4.78 is 19.1. The molecule has 0 aliphatic rings. The molecule has 1 atom stereocenters. The number of pyridine rings is 1. The van der Waals surface area contributed by atoms with E-state index < -0.39 is 31.0 Å². The molecule has 0 saturated heterocycles. The fourth-order valence-electron chi connectivity index (χ4n) is 4.95. The average molecular weight is 674 g/mol. The van der Waals surface area contributed by atoms with E-state index in [-0.39, 0.29) is 29.4 Å². The molecule has 0 bridgehead atoms. The smallest absolute Gasteiger partial charge is 0.410 e. The van der Waals surface area contributed by atoms with Crippen LogP contribution in [0, 0.1) is 10.1 Å². The molecule has 3 aromatic carbocycles. The van der Waals surface area contributed by atoms with Gasteiger partial charge >= 0.3 is 6.09 Å². The molecule has 0 spiro atoms. The zero-order chi connectivity index (χ0) is 35.3. The van der Waals surface area contributed by atoms with Gasteiger partial charge in [-0.3, -0.25) is 14.9 Å². The molecule has 1 aromatic heterocycles. The first-order valence-corrected chi connectivity index (χ1v) is 19.1. The molecule has 256 valence electrons. The van der Waals surface area contributed by atoms with Crippen molar-refractivity contribution in [3.8, 4) is 5.75 Å². The average Bonchev–Trinajstić information content (AvgIpc) is 3.00. The molecule has 1 amide bonds. The van der Waals surface area contributed by atoms with E-state index in [1.165, 1.54) is 18.2 Å². The first-order chi connectivity index (χ1) is 22.4. The Bertz CT molecular complexity index is 1780. The van der Waals surface area contributed by atoms with E-state index in [9.17, 15) is 19.7 Å². The second kappa shape index (κ2) is 14.7. The number of H-pyrrole nitrogens is 1. The number of non-ortho nitro benzene ring substituents is 1. The maximum atomic E-state index is 13.7. The lowest BCUT2D eigenvalue weighted by atomic mass is 10.0. The number of carbonyl (C=O) groups excluding carboxylic acids is 1. The molecule has 1 N–H and O–H groups in total. The molecule has 0 fully saturated rings. The topological polar surface area (TPSA) is 124 Å². The third kappa shape index (κ3) is 9.54. The lowest BCUT2D eigenvalue weighted by Gasteiger charge is -2.41. The van der Waals surface area contributed by atoms with Gasteiger partial charge in [0.2, 0.25) is 5.56 Å². The summed E-state index contributed by atoms with van der Waals surface area (Å²) in [6, 6.07) is 23.2. The summed E-state index contributed by atoms with van der Waals surface area (Å²) in [5.74, 6) is 0.531. The van der Waals surface area contributed by atoms with Gasteiger partial charge in [-0.05, 0) is 74.1 Å². The minimum Gasteiger partial charge on any atom is -0.487 e. The van der Waals surface area contributed by atoms with E-state index in [1.54, 1.807) is 23.1 Å². The molecule has 1 heterocycles. The summed E-state index contributed by atoms with van der Waals surface area (Å²) in [7, 11) is -2.42. The Hall–Kier alpha value is -4.48. The Morgan fingerprint density at radius 1 is 0.917 bits per heavy atom. The fourth-order valence-corrected chi connectivity index (χ4v) is 6.21. The van der Waals surface area contributed by atoms with Crippen molar-refractivity contribution < 1.29 is 23.6 Å². The molecular formula is C37H47N3O7Si. The van der Waals surface area contributed by atoms with E-state index in [4.69, 9.17) is 13.9 Å². The first-order valence-electron chi connectivity index (χ1n) is 16.2. The number of fused-ring (bicyclic) bond motifs is 1. The van der Waals surface area contributed by atoms with Crippen LogP contribution in [0.15, 0.2) is 83.7 Å². The number of nitrogens with zero attached hydrogens (tertiary/aromatic N) is 2. The van der Waals surface area contributed by atoms with Gasteiger partial charge < -0.3 is 23.8 Å². The first kappa shape index (κ1) is 36.4. The van der Waals surface area contributed by atoms with Gasteiger partial charge in [0.15, 0.2) is 8.32 Å². The fraction of sp³-hybridized carbons (Fsp3) is 0.405. The maximum Gasteiger partial charge on any atom is 0.410 e. The van der Waals surface area contributed by atoms with Gasteiger partial charge in [-0.15, -0.1) is 0 Å². The number of amides is 1. The van der Waals surface area contributed by atoms with E-state index >= 15 is 0 Å².